The minimum Gasteiger partial charge on any atom is -0.437 e. The summed E-state index contributed by atoms with van der Waals surface area (Å²) in [4.78, 5) is 38.7. The lowest BCUT2D eigenvalue weighted by Gasteiger charge is -2.06. The number of nitrogens with zero attached hydrogens (tertiary/aromatic N) is 3. The minimum absolute atomic E-state index is 0.106. The molecule has 0 aliphatic rings. The number of nitrogens with one attached hydrogen (secondary N) is 1. The highest BCUT2D eigenvalue weighted by Gasteiger charge is 2.14. The topological polar surface area (TPSA) is 97.8 Å². The van der Waals surface area contributed by atoms with Gasteiger partial charge in [0.25, 0.3) is 0 Å². The molecule has 4 aromatic rings. The molecule has 126 valence electrons. The maximum absolute atomic E-state index is 12.6. The number of carbonyl (C=O) groups is 2. The van der Waals surface area contributed by atoms with Crippen LogP contribution in [-0.2, 0) is 0 Å². The lowest BCUT2D eigenvalue weighted by molar-refractivity contribution is 0.103. The summed E-state index contributed by atoms with van der Waals surface area (Å²) in [5, 5.41) is 0. The van der Waals surface area contributed by atoms with E-state index in [1.54, 1.807) is 24.3 Å². The van der Waals surface area contributed by atoms with Crippen LogP contribution in [0.15, 0.2) is 60.9 Å². The van der Waals surface area contributed by atoms with E-state index in [9.17, 15) is 9.59 Å². The Morgan fingerprint density at radius 3 is 2.54 bits per heavy atom. The van der Waals surface area contributed by atoms with Crippen LogP contribution < -0.4 is 4.74 Å². The van der Waals surface area contributed by atoms with Crippen LogP contribution in [0.5, 0.6) is 11.6 Å². The highest BCUT2D eigenvalue weighted by molar-refractivity contribution is 6.08. The van der Waals surface area contributed by atoms with E-state index in [4.69, 9.17) is 4.74 Å². The number of aromatic nitrogens is 4. The Labute approximate surface area is 147 Å². The molecule has 2 aromatic heterocycles. The van der Waals surface area contributed by atoms with Gasteiger partial charge in [-0.15, -0.1) is 0 Å². The molecule has 0 amide bonds. The first kappa shape index (κ1) is 15.6. The number of para-hydroxylation sites is 2. The van der Waals surface area contributed by atoms with Gasteiger partial charge in [-0.05, 0) is 36.4 Å². The van der Waals surface area contributed by atoms with Crippen molar-refractivity contribution in [1.82, 2.24) is 19.9 Å². The number of benzene rings is 2. The summed E-state index contributed by atoms with van der Waals surface area (Å²) in [6, 6.07) is 13.9. The van der Waals surface area contributed by atoms with Crippen molar-refractivity contribution in [3.8, 4) is 11.6 Å². The Balaban J connectivity index is 1.57. The van der Waals surface area contributed by atoms with Crippen molar-refractivity contribution in [3.05, 3.63) is 78.0 Å². The number of aldehydes is 1. The lowest BCUT2D eigenvalue weighted by atomic mass is 10.1. The first-order valence-electron chi connectivity index (χ1n) is 7.78. The average molecular weight is 344 g/mol. The zero-order valence-electron chi connectivity index (χ0n) is 13.4. The number of hydrogen-bond acceptors (Lipinski definition) is 6. The molecule has 7 heteroatoms. The van der Waals surface area contributed by atoms with Crippen LogP contribution in [0.4, 0.5) is 0 Å². The number of fused-ring (bicyclic) bond motifs is 1. The first-order chi connectivity index (χ1) is 12.7. The predicted molar refractivity (Wildman–Crippen MR) is 93.5 cm³/mol. The maximum atomic E-state index is 12.6. The maximum Gasteiger partial charge on any atom is 0.248 e. The largest absolute Gasteiger partial charge is 0.437 e. The van der Waals surface area contributed by atoms with Gasteiger partial charge in [-0.25, -0.2) is 15.0 Å². The van der Waals surface area contributed by atoms with Gasteiger partial charge in [-0.1, -0.05) is 12.1 Å². The molecule has 0 atom stereocenters. The van der Waals surface area contributed by atoms with Crippen molar-refractivity contribution >= 4 is 23.1 Å². The molecule has 0 bridgehead atoms. The molecule has 26 heavy (non-hydrogen) atoms. The molecule has 0 fully saturated rings. The van der Waals surface area contributed by atoms with E-state index in [0.29, 0.717) is 17.6 Å². The quantitative estimate of drug-likeness (QED) is 0.441. The summed E-state index contributed by atoms with van der Waals surface area (Å²) in [6.45, 7) is 0. The van der Waals surface area contributed by atoms with Gasteiger partial charge in [0.05, 0.1) is 11.0 Å². The minimum atomic E-state index is -0.221. The second kappa shape index (κ2) is 6.56. The van der Waals surface area contributed by atoms with Gasteiger partial charge in [0, 0.05) is 18.0 Å². The second-order valence-corrected chi connectivity index (χ2v) is 5.42. The molecule has 0 saturated carbocycles. The normalized spacial score (nSPS) is 10.6. The molecule has 2 heterocycles. The Morgan fingerprint density at radius 2 is 1.77 bits per heavy atom. The monoisotopic (exact) mass is 344 g/mol. The van der Waals surface area contributed by atoms with E-state index in [2.05, 4.69) is 19.9 Å². The highest BCUT2D eigenvalue weighted by Crippen LogP contribution is 2.22. The molecule has 0 aliphatic carbocycles. The van der Waals surface area contributed by atoms with Crippen molar-refractivity contribution in [2.75, 3.05) is 0 Å². The molecule has 7 nitrogen and oxygen atoms in total. The summed E-state index contributed by atoms with van der Waals surface area (Å²) >= 11 is 0. The molecule has 0 aliphatic heterocycles. The van der Waals surface area contributed by atoms with Crippen molar-refractivity contribution < 1.29 is 14.3 Å². The van der Waals surface area contributed by atoms with E-state index in [0.717, 1.165) is 11.0 Å². The number of rotatable bonds is 5. The van der Waals surface area contributed by atoms with Crippen molar-refractivity contribution in [2.45, 2.75) is 0 Å². The number of ether oxygens (including phenoxy) is 1. The number of imidazole rings is 1. The molecular weight excluding hydrogens is 332 g/mol. The fraction of sp³-hybridized carbons (Fsp3) is 0. The number of ketones is 1. The predicted octanol–water partition coefficient (Wildman–Crippen LogP) is 3.19. The number of aromatic amines is 1. The van der Waals surface area contributed by atoms with Gasteiger partial charge < -0.3 is 9.72 Å². The van der Waals surface area contributed by atoms with Crippen molar-refractivity contribution in [2.24, 2.45) is 0 Å². The Morgan fingerprint density at radius 1 is 1.00 bits per heavy atom. The number of hydrogen-bond donors (Lipinski definition) is 1. The third-order valence-corrected chi connectivity index (χ3v) is 3.74. The number of carbonyl (C=O) groups excluding carboxylic acids is 2. The van der Waals surface area contributed by atoms with Gasteiger partial charge in [0.15, 0.2) is 17.8 Å². The van der Waals surface area contributed by atoms with Gasteiger partial charge in [-0.2, -0.15) is 0 Å². The van der Waals surface area contributed by atoms with Crippen LogP contribution in [0.25, 0.3) is 11.0 Å². The first-order valence-corrected chi connectivity index (χ1v) is 7.78. The standard InChI is InChI=1S/C19H12N4O3/c24-11-16-19(21-10-9-20-16)26-13-7-5-12(6-8-13)17(25)18-22-14-3-1-2-4-15(14)23-18/h1-11H,(H,22,23). The summed E-state index contributed by atoms with van der Waals surface area (Å²) in [7, 11) is 0. The van der Waals surface area contributed by atoms with E-state index in [1.165, 1.54) is 12.4 Å². The fourth-order valence-electron chi connectivity index (χ4n) is 2.48. The van der Waals surface area contributed by atoms with Crippen LogP contribution in [0.3, 0.4) is 0 Å². The molecule has 2 aromatic carbocycles. The van der Waals surface area contributed by atoms with Crippen molar-refractivity contribution in [3.63, 3.8) is 0 Å². The molecule has 0 saturated heterocycles. The highest BCUT2D eigenvalue weighted by atomic mass is 16.5. The molecule has 4 rings (SSSR count). The zero-order chi connectivity index (χ0) is 17.9. The molecule has 0 radical (unpaired) electrons. The molecule has 1 N–H and O–H groups in total. The van der Waals surface area contributed by atoms with Gasteiger partial charge >= 0.3 is 0 Å². The average Bonchev–Trinajstić information content (AvgIpc) is 3.13. The van der Waals surface area contributed by atoms with Crippen LogP contribution >= 0.6 is 0 Å². The van der Waals surface area contributed by atoms with Crippen molar-refractivity contribution in [1.29, 1.82) is 0 Å². The van der Waals surface area contributed by atoms with Crippen LogP contribution in [0.1, 0.15) is 26.7 Å². The van der Waals surface area contributed by atoms with Crippen LogP contribution in [-0.4, -0.2) is 32.0 Å². The van der Waals surface area contributed by atoms with Gasteiger partial charge in [0.2, 0.25) is 11.7 Å². The Bertz CT molecular complexity index is 1070. The summed E-state index contributed by atoms with van der Waals surface area (Å²) in [5.41, 5.74) is 2.11. The molecule has 0 spiro atoms. The Hall–Kier alpha value is -3.87. The summed E-state index contributed by atoms with van der Waals surface area (Å²) in [6.07, 6.45) is 3.41. The van der Waals surface area contributed by atoms with E-state index in [-0.39, 0.29) is 23.2 Å². The van der Waals surface area contributed by atoms with E-state index < -0.39 is 0 Å². The smallest absolute Gasteiger partial charge is 0.248 e. The third kappa shape index (κ3) is 2.93. The summed E-state index contributed by atoms with van der Waals surface area (Å²) < 4.78 is 5.55. The number of H-pyrrole nitrogens is 1. The zero-order valence-corrected chi connectivity index (χ0v) is 13.4. The van der Waals surface area contributed by atoms with Crippen LogP contribution in [0, 0.1) is 0 Å². The SMILES string of the molecule is O=Cc1nccnc1Oc1ccc(C(=O)c2nc3ccccc3[nH]2)cc1. The molecular formula is C19H12N4O3. The lowest BCUT2D eigenvalue weighted by Crippen LogP contribution is -2.03. The molecule has 0 unspecified atom stereocenters. The van der Waals surface area contributed by atoms with E-state index >= 15 is 0 Å². The summed E-state index contributed by atoms with van der Waals surface area (Å²) in [5.74, 6) is 0.603. The third-order valence-electron chi connectivity index (χ3n) is 3.74. The van der Waals surface area contributed by atoms with Gasteiger partial charge in [-0.3, -0.25) is 9.59 Å². The van der Waals surface area contributed by atoms with E-state index in [1.807, 2.05) is 24.3 Å². The fourth-order valence-corrected chi connectivity index (χ4v) is 2.48. The van der Waals surface area contributed by atoms with Crippen LogP contribution in [0.2, 0.25) is 0 Å². The second-order valence-electron chi connectivity index (χ2n) is 5.42. The van der Waals surface area contributed by atoms with Gasteiger partial charge in [0.1, 0.15) is 5.75 Å². The Kier molecular flexibility index (Phi) is 3.95.